The van der Waals surface area contributed by atoms with Crippen molar-refractivity contribution < 1.29 is 4.52 Å². The zero-order valence-corrected chi connectivity index (χ0v) is 13.1. The van der Waals surface area contributed by atoms with Crippen LogP contribution in [0.3, 0.4) is 0 Å². The predicted molar refractivity (Wildman–Crippen MR) is 80.6 cm³/mol. The lowest BCUT2D eigenvalue weighted by atomic mass is 10.2. The van der Waals surface area contributed by atoms with Gasteiger partial charge in [0.25, 0.3) is 5.89 Å². The van der Waals surface area contributed by atoms with Crippen LogP contribution in [0.5, 0.6) is 0 Å². The summed E-state index contributed by atoms with van der Waals surface area (Å²) in [6.07, 6.45) is 4.71. The van der Waals surface area contributed by atoms with E-state index >= 15 is 0 Å². The third-order valence-electron chi connectivity index (χ3n) is 2.54. The first-order valence-electron chi connectivity index (χ1n) is 5.50. The fourth-order valence-electron chi connectivity index (χ4n) is 1.61. The standard InChI is InChI=1S/C12H7Br2N5O/c13-6-3-7(10(15)8(14)4-6)12-18-11(19-20-12)9-5-16-1-2-17-9/h1-5H,15H2. The summed E-state index contributed by atoms with van der Waals surface area (Å²) in [6, 6.07) is 3.66. The molecule has 0 aliphatic carbocycles. The number of hydrogen-bond acceptors (Lipinski definition) is 6. The van der Waals surface area contributed by atoms with E-state index in [9.17, 15) is 0 Å². The average molecular weight is 397 g/mol. The van der Waals surface area contributed by atoms with Crippen LogP contribution in [0.25, 0.3) is 23.0 Å². The maximum Gasteiger partial charge on any atom is 0.260 e. The number of nitrogens with zero attached hydrogens (tertiary/aromatic N) is 4. The lowest BCUT2D eigenvalue weighted by molar-refractivity contribution is 0.432. The molecule has 0 unspecified atom stereocenters. The third-order valence-corrected chi connectivity index (χ3v) is 3.66. The second-order valence-electron chi connectivity index (χ2n) is 3.86. The number of rotatable bonds is 2. The van der Waals surface area contributed by atoms with Gasteiger partial charge in [0, 0.05) is 21.3 Å². The molecular weight excluding hydrogens is 390 g/mol. The fourth-order valence-corrected chi connectivity index (χ4v) is 2.84. The number of aromatic nitrogens is 4. The minimum absolute atomic E-state index is 0.324. The SMILES string of the molecule is Nc1c(Br)cc(Br)cc1-c1nc(-c2cnccn2)no1. The molecule has 0 atom stereocenters. The summed E-state index contributed by atoms with van der Waals surface area (Å²) in [5, 5.41) is 3.89. The summed E-state index contributed by atoms with van der Waals surface area (Å²) in [5.74, 6) is 0.689. The van der Waals surface area contributed by atoms with Crippen LogP contribution in [0.2, 0.25) is 0 Å². The molecule has 3 aromatic rings. The molecule has 0 amide bonds. The van der Waals surface area contributed by atoms with Gasteiger partial charge >= 0.3 is 0 Å². The number of halogens is 2. The van der Waals surface area contributed by atoms with E-state index in [0.29, 0.717) is 28.7 Å². The maximum absolute atomic E-state index is 6.01. The molecule has 0 fully saturated rings. The Morgan fingerprint density at radius 3 is 2.75 bits per heavy atom. The molecular formula is C12H7Br2N5O. The number of hydrogen-bond donors (Lipinski definition) is 1. The van der Waals surface area contributed by atoms with E-state index in [4.69, 9.17) is 10.3 Å². The smallest absolute Gasteiger partial charge is 0.260 e. The Morgan fingerprint density at radius 2 is 2.00 bits per heavy atom. The van der Waals surface area contributed by atoms with E-state index in [-0.39, 0.29) is 0 Å². The van der Waals surface area contributed by atoms with Crippen LogP contribution >= 0.6 is 31.9 Å². The molecule has 3 rings (SSSR count). The summed E-state index contributed by atoms with van der Waals surface area (Å²) < 4.78 is 6.85. The fraction of sp³-hybridized carbons (Fsp3) is 0. The summed E-state index contributed by atoms with van der Waals surface area (Å²) in [4.78, 5) is 12.4. The maximum atomic E-state index is 6.01. The topological polar surface area (TPSA) is 90.7 Å². The summed E-state index contributed by atoms with van der Waals surface area (Å²) in [5.41, 5.74) is 7.72. The largest absolute Gasteiger partial charge is 0.397 e. The Labute approximate surface area is 130 Å². The summed E-state index contributed by atoms with van der Waals surface area (Å²) in [7, 11) is 0. The predicted octanol–water partition coefficient (Wildman–Crippen LogP) is 3.30. The highest BCUT2D eigenvalue weighted by Crippen LogP contribution is 2.34. The van der Waals surface area contributed by atoms with Crippen LogP contribution in [0.1, 0.15) is 0 Å². The van der Waals surface area contributed by atoms with E-state index in [1.807, 2.05) is 12.1 Å². The van der Waals surface area contributed by atoms with Crippen molar-refractivity contribution in [2.24, 2.45) is 0 Å². The van der Waals surface area contributed by atoms with Crippen LogP contribution in [0.4, 0.5) is 5.69 Å². The van der Waals surface area contributed by atoms with Crippen LogP contribution in [-0.2, 0) is 0 Å². The van der Waals surface area contributed by atoms with Gasteiger partial charge in [0.1, 0.15) is 5.69 Å². The highest BCUT2D eigenvalue weighted by Gasteiger charge is 2.16. The van der Waals surface area contributed by atoms with Crippen molar-refractivity contribution in [1.29, 1.82) is 0 Å². The van der Waals surface area contributed by atoms with Gasteiger partial charge in [0.2, 0.25) is 5.82 Å². The van der Waals surface area contributed by atoms with Crippen molar-refractivity contribution in [2.45, 2.75) is 0 Å². The molecule has 2 aromatic heterocycles. The van der Waals surface area contributed by atoms with Gasteiger partial charge in [-0.1, -0.05) is 21.1 Å². The zero-order chi connectivity index (χ0) is 14.1. The number of anilines is 1. The number of nitrogens with two attached hydrogens (primary N) is 1. The van der Waals surface area contributed by atoms with Gasteiger partial charge in [-0.25, -0.2) is 4.98 Å². The molecule has 100 valence electrons. The first kappa shape index (κ1) is 13.2. The Bertz CT molecular complexity index is 760. The minimum Gasteiger partial charge on any atom is -0.397 e. The Hall–Kier alpha value is -1.80. The van der Waals surface area contributed by atoms with Crippen LogP contribution in [0, 0.1) is 0 Å². The lowest BCUT2D eigenvalue weighted by Gasteiger charge is -2.04. The van der Waals surface area contributed by atoms with Gasteiger partial charge in [-0.15, -0.1) is 0 Å². The van der Waals surface area contributed by atoms with Gasteiger partial charge in [0.15, 0.2) is 0 Å². The monoisotopic (exact) mass is 395 g/mol. The second-order valence-corrected chi connectivity index (χ2v) is 5.63. The molecule has 0 spiro atoms. The molecule has 0 bridgehead atoms. The van der Waals surface area contributed by atoms with Crippen LogP contribution in [-0.4, -0.2) is 20.1 Å². The van der Waals surface area contributed by atoms with Gasteiger partial charge < -0.3 is 10.3 Å². The first-order valence-corrected chi connectivity index (χ1v) is 7.09. The molecule has 0 aliphatic rings. The van der Waals surface area contributed by atoms with Gasteiger partial charge in [-0.05, 0) is 28.1 Å². The molecule has 0 saturated heterocycles. The third kappa shape index (κ3) is 2.44. The number of benzene rings is 1. The van der Waals surface area contributed by atoms with Crippen LogP contribution in [0.15, 0.2) is 44.2 Å². The lowest BCUT2D eigenvalue weighted by Crippen LogP contribution is -1.92. The molecule has 2 N–H and O–H groups in total. The molecule has 6 nitrogen and oxygen atoms in total. The zero-order valence-electron chi connectivity index (χ0n) is 9.92. The molecule has 20 heavy (non-hydrogen) atoms. The van der Waals surface area contributed by atoms with E-state index in [2.05, 4.69) is 52.0 Å². The molecule has 0 saturated carbocycles. The normalized spacial score (nSPS) is 10.7. The van der Waals surface area contributed by atoms with Gasteiger partial charge in [-0.3, -0.25) is 4.98 Å². The average Bonchev–Trinajstić information content (AvgIpc) is 2.93. The van der Waals surface area contributed by atoms with Crippen molar-refractivity contribution in [3.8, 4) is 23.0 Å². The molecule has 0 radical (unpaired) electrons. The van der Waals surface area contributed by atoms with Crippen molar-refractivity contribution >= 4 is 37.5 Å². The molecule has 0 aliphatic heterocycles. The Kier molecular flexibility index (Phi) is 3.49. The van der Waals surface area contributed by atoms with Crippen molar-refractivity contribution in [1.82, 2.24) is 20.1 Å². The van der Waals surface area contributed by atoms with Gasteiger partial charge in [0.05, 0.1) is 17.4 Å². The van der Waals surface area contributed by atoms with E-state index in [1.165, 1.54) is 0 Å². The Morgan fingerprint density at radius 1 is 1.15 bits per heavy atom. The summed E-state index contributed by atoms with van der Waals surface area (Å²) in [6.45, 7) is 0. The molecule has 1 aromatic carbocycles. The highest BCUT2D eigenvalue weighted by atomic mass is 79.9. The molecule has 8 heteroatoms. The minimum atomic E-state index is 0.324. The van der Waals surface area contributed by atoms with Crippen LogP contribution < -0.4 is 5.73 Å². The number of nitrogen functional groups attached to an aromatic ring is 1. The van der Waals surface area contributed by atoms with Gasteiger partial charge in [-0.2, -0.15) is 4.98 Å². The van der Waals surface area contributed by atoms with Crippen molar-refractivity contribution in [2.75, 3.05) is 5.73 Å². The Balaban J connectivity index is 2.07. The van der Waals surface area contributed by atoms with E-state index < -0.39 is 0 Å². The van der Waals surface area contributed by atoms with Crippen molar-refractivity contribution in [3.05, 3.63) is 39.7 Å². The second kappa shape index (κ2) is 5.29. The van der Waals surface area contributed by atoms with E-state index in [0.717, 1.165) is 8.95 Å². The quantitative estimate of drug-likeness (QED) is 0.668. The molecule has 2 heterocycles. The first-order chi connectivity index (χ1) is 9.65. The van der Waals surface area contributed by atoms with E-state index in [1.54, 1.807) is 18.6 Å². The highest BCUT2D eigenvalue weighted by molar-refractivity contribution is 9.11. The van der Waals surface area contributed by atoms with Crippen molar-refractivity contribution in [3.63, 3.8) is 0 Å². The summed E-state index contributed by atoms with van der Waals surface area (Å²) >= 11 is 6.78.